The predicted octanol–water partition coefficient (Wildman–Crippen LogP) is 3.20. The Kier molecular flexibility index (Phi) is 4.25. The van der Waals surface area contributed by atoms with E-state index in [2.05, 4.69) is 13.2 Å². The summed E-state index contributed by atoms with van der Waals surface area (Å²) in [4.78, 5) is 0. The van der Waals surface area contributed by atoms with Crippen molar-refractivity contribution in [3.8, 4) is 5.75 Å². The normalized spacial score (nSPS) is 9.60. The van der Waals surface area contributed by atoms with E-state index in [0.29, 0.717) is 18.6 Å². The number of aromatic hydroxyl groups is 1. The molecule has 0 saturated carbocycles. The second-order valence-electron chi connectivity index (χ2n) is 3.29. The lowest BCUT2D eigenvalue weighted by molar-refractivity contribution is 0.464. The molecule has 0 bridgehead atoms. The third-order valence-corrected chi connectivity index (χ3v) is 2.43. The number of hydrogen-bond acceptors (Lipinski definition) is 2. The van der Waals surface area contributed by atoms with Gasteiger partial charge in [-0.25, -0.2) is 0 Å². The largest absolute Gasteiger partial charge is 0.507 e. The number of thiocarbonyl (C=S) groups is 1. The van der Waals surface area contributed by atoms with E-state index in [1.54, 1.807) is 17.5 Å². The zero-order valence-corrected chi connectivity index (χ0v) is 9.39. The van der Waals surface area contributed by atoms with Crippen LogP contribution in [0.1, 0.15) is 16.7 Å². The second-order valence-corrected chi connectivity index (χ2v) is 3.53. The molecule has 0 atom stereocenters. The first-order valence-electron chi connectivity index (χ1n) is 4.74. The highest BCUT2D eigenvalue weighted by atomic mass is 32.1. The number of phenols is 1. The van der Waals surface area contributed by atoms with Gasteiger partial charge in [-0.3, -0.25) is 0 Å². The number of allylic oxidation sites excluding steroid dienone is 2. The van der Waals surface area contributed by atoms with E-state index in [-0.39, 0.29) is 0 Å². The molecule has 0 saturated heterocycles. The summed E-state index contributed by atoms with van der Waals surface area (Å²) >= 11 is 4.89. The summed E-state index contributed by atoms with van der Waals surface area (Å²) in [7, 11) is 0. The third-order valence-electron chi connectivity index (χ3n) is 2.15. The van der Waals surface area contributed by atoms with E-state index in [0.717, 1.165) is 16.7 Å². The van der Waals surface area contributed by atoms with E-state index >= 15 is 0 Å². The summed E-state index contributed by atoms with van der Waals surface area (Å²) in [6, 6.07) is 3.77. The minimum absolute atomic E-state index is 0.329. The molecule has 0 heterocycles. The molecule has 0 aliphatic carbocycles. The van der Waals surface area contributed by atoms with Crippen molar-refractivity contribution in [2.45, 2.75) is 12.8 Å². The first-order valence-corrected chi connectivity index (χ1v) is 5.21. The Hall–Kier alpha value is -1.41. The number of phenolic OH excluding ortho intramolecular Hbond substituents is 1. The summed E-state index contributed by atoms with van der Waals surface area (Å²) in [6.45, 7) is 7.32. The Morgan fingerprint density at radius 1 is 1.13 bits per heavy atom. The van der Waals surface area contributed by atoms with Crippen molar-refractivity contribution in [2.75, 3.05) is 0 Å². The topological polar surface area (TPSA) is 20.2 Å². The molecule has 15 heavy (non-hydrogen) atoms. The minimum Gasteiger partial charge on any atom is -0.507 e. The van der Waals surface area contributed by atoms with Crippen molar-refractivity contribution in [2.24, 2.45) is 0 Å². The fraction of sp³-hybridized carbons (Fsp3) is 0.154. The summed E-state index contributed by atoms with van der Waals surface area (Å²) in [5.41, 5.74) is 2.66. The van der Waals surface area contributed by atoms with Crippen LogP contribution >= 0.6 is 12.2 Å². The smallest absolute Gasteiger partial charge is 0.122 e. The van der Waals surface area contributed by atoms with Crippen LogP contribution in [0, 0.1) is 0 Å². The Morgan fingerprint density at radius 2 is 1.60 bits per heavy atom. The highest BCUT2D eigenvalue weighted by Crippen LogP contribution is 2.25. The fourth-order valence-electron chi connectivity index (χ4n) is 1.48. The average molecular weight is 218 g/mol. The van der Waals surface area contributed by atoms with Gasteiger partial charge in [0, 0.05) is 5.37 Å². The first-order chi connectivity index (χ1) is 7.22. The molecule has 0 aliphatic heterocycles. The maximum atomic E-state index is 9.93. The highest BCUT2D eigenvalue weighted by molar-refractivity contribution is 7.79. The van der Waals surface area contributed by atoms with E-state index in [9.17, 15) is 5.11 Å². The van der Waals surface area contributed by atoms with Gasteiger partial charge in [-0.1, -0.05) is 24.4 Å². The Morgan fingerprint density at radius 3 is 1.93 bits per heavy atom. The van der Waals surface area contributed by atoms with Gasteiger partial charge < -0.3 is 5.11 Å². The predicted molar refractivity (Wildman–Crippen MR) is 68.7 cm³/mol. The third kappa shape index (κ3) is 2.77. The van der Waals surface area contributed by atoms with Crippen molar-refractivity contribution in [1.82, 2.24) is 0 Å². The molecule has 1 N–H and O–H groups in total. The Labute approximate surface area is 95.8 Å². The molecule has 0 amide bonds. The monoisotopic (exact) mass is 218 g/mol. The maximum absolute atomic E-state index is 9.93. The average Bonchev–Trinajstić information content (AvgIpc) is 2.24. The van der Waals surface area contributed by atoms with Gasteiger partial charge in [0.05, 0.1) is 0 Å². The lowest BCUT2D eigenvalue weighted by Crippen LogP contribution is -1.93. The van der Waals surface area contributed by atoms with Crippen LogP contribution in [0.4, 0.5) is 0 Å². The van der Waals surface area contributed by atoms with Crippen LogP contribution in [0.5, 0.6) is 5.75 Å². The molecule has 0 aromatic heterocycles. The highest BCUT2D eigenvalue weighted by Gasteiger charge is 2.06. The second kappa shape index (κ2) is 5.47. The zero-order valence-electron chi connectivity index (χ0n) is 8.57. The summed E-state index contributed by atoms with van der Waals surface area (Å²) < 4.78 is 0. The molecule has 0 unspecified atom stereocenters. The van der Waals surface area contributed by atoms with E-state index in [1.165, 1.54) is 0 Å². The van der Waals surface area contributed by atoms with Crippen LogP contribution in [0.25, 0.3) is 0 Å². The number of benzene rings is 1. The molecule has 1 rings (SSSR count). The van der Waals surface area contributed by atoms with Crippen molar-refractivity contribution < 1.29 is 5.11 Å². The van der Waals surface area contributed by atoms with Crippen molar-refractivity contribution in [3.05, 3.63) is 54.1 Å². The van der Waals surface area contributed by atoms with Crippen LogP contribution in [0.2, 0.25) is 0 Å². The van der Waals surface area contributed by atoms with E-state index in [1.807, 2.05) is 12.1 Å². The quantitative estimate of drug-likeness (QED) is 0.605. The van der Waals surface area contributed by atoms with Gasteiger partial charge in [0.25, 0.3) is 0 Å². The van der Waals surface area contributed by atoms with Crippen LogP contribution in [0.15, 0.2) is 37.4 Å². The standard InChI is InChI=1S/C13H14OS/c1-3-5-11-7-10(9-15)8-12(6-4-2)13(11)14/h3-4,7-9,14H,1-2,5-6H2. The molecule has 0 aliphatic rings. The lowest BCUT2D eigenvalue weighted by atomic mass is 10.0. The van der Waals surface area contributed by atoms with Crippen LogP contribution in [-0.2, 0) is 12.8 Å². The molecule has 0 fully saturated rings. The molecule has 1 aromatic rings. The summed E-state index contributed by atoms with van der Waals surface area (Å²) in [5.74, 6) is 0.329. The van der Waals surface area contributed by atoms with Gasteiger partial charge >= 0.3 is 0 Å². The Balaban J connectivity index is 3.25. The molecule has 1 nitrogen and oxygen atoms in total. The Bertz CT molecular complexity index is 363. The van der Waals surface area contributed by atoms with Gasteiger partial charge in [-0.05, 0) is 41.7 Å². The van der Waals surface area contributed by atoms with Crippen LogP contribution in [-0.4, -0.2) is 10.5 Å². The zero-order chi connectivity index (χ0) is 11.3. The van der Waals surface area contributed by atoms with E-state index in [4.69, 9.17) is 12.2 Å². The van der Waals surface area contributed by atoms with Crippen LogP contribution in [0.3, 0.4) is 0 Å². The molecular weight excluding hydrogens is 204 g/mol. The molecular formula is C13H14OS. The molecule has 78 valence electrons. The molecule has 0 radical (unpaired) electrons. The van der Waals surface area contributed by atoms with Crippen molar-refractivity contribution in [3.63, 3.8) is 0 Å². The maximum Gasteiger partial charge on any atom is 0.122 e. The molecule has 2 heteroatoms. The van der Waals surface area contributed by atoms with Crippen LogP contribution < -0.4 is 0 Å². The summed E-state index contributed by atoms with van der Waals surface area (Å²) in [5, 5.41) is 11.5. The van der Waals surface area contributed by atoms with Gasteiger partial charge in [-0.15, -0.1) is 13.2 Å². The summed E-state index contributed by atoms with van der Waals surface area (Å²) in [6.07, 6.45) is 4.82. The van der Waals surface area contributed by atoms with Crippen molar-refractivity contribution in [1.29, 1.82) is 0 Å². The number of hydrogen-bond donors (Lipinski definition) is 1. The van der Waals surface area contributed by atoms with Gasteiger partial charge in [0.15, 0.2) is 0 Å². The fourth-order valence-corrected chi connectivity index (χ4v) is 1.61. The van der Waals surface area contributed by atoms with Crippen molar-refractivity contribution >= 4 is 17.6 Å². The first kappa shape index (κ1) is 11.7. The molecule has 1 aromatic carbocycles. The molecule has 0 spiro atoms. The SMILES string of the molecule is C=CCc1cc(C=S)cc(CC=C)c1O. The minimum atomic E-state index is 0.329. The van der Waals surface area contributed by atoms with Gasteiger partial charge in [0.2, 0.25) is 0 Å². The lowest BCUT2D eigenvalue weighted by Gasteiger charge is -2.08. The van der Waals surface area contributed by atoms with E-state index < -0.39 is 0 Å². The number of rotatable bonds is 5. The van der Waals surface area contributed by atoms with Gasteiger partial charge in [-0.2, -0.15) is 0 Å². The van der Waals surface area contributed by atoms with Gasteiger partial charge in [0.1, 0.15) is 5.75 Å².